The first-order valence-corrected chi connectivity index (χ1v) is 7.32. The molecule has 0 unspecified atom stereocenters. The summed E-state index contributed by atoms with van der Waals surface area (Å²) < 4.78 is 6.13. The van der Waals surface area contributed by atoms with E-state index < -0.39 is 0 Å². The van der Waals surface area contributed by atoms with Gasteiger partial charge in [0.15, 0.2) is 0 Å². The Hall–Kier alpha value is -1.28. The Morgan fingerprint density at radius 2 is 1.84 bits per heavy atom. The third-order valence-corrected chi connectivity index (χ3v) is 3.20. The molecular formula is C17H27NO. The predicted octanol–water partition coefficient (Wildman–Crippen LogP) is 4.50. The molecule has 0 saturated heterocycles. The Morgan fingerprint density at radius 1 is 1.16 bits per heavy atom. The van der Waals surface area contributed by atoms with Crippen LogP contribution in [0.15, 0.2) is 30.0 Å². The lowest BCUT2D eigenvalue weighted by atomic mass is 10.1. The lowest BCUT2D eigenvalue weighted by Crippen LogP contribution is -2.01. The summed E-state index contributed by atoms with van der Waals surface area (Å²) >= 11 is 0. The number of unbranched alkanes of at least 4 members (excludes halogenated alkanes) is 2. The monoisotopic (exact) mass is 261 g/mol. The smallest absolute Gasteiger partial charge is 0.132 e. The van der Waals surface area contributed by atoms with Gasteiger partial charge in [-0.2, -0.15) is 0 Å². The molecule has 0 atom stereocenters. The van der Waals surface area contributed by atoms with E-state index in [1.54, 1.807) is 0 Å². The number of ether oxygens (including phenoxy) is 1. The van der Waals surface area contributed by atoms with Crippen LogP contribution in [0.5, 0.6) is 5.75 Å². The summed E-state index contributed by atoms with van der Waals surface area (Å²) in [5, 5.41) is 0. The van der Waals surface area contributed by atoms with E-state index in [1.807, 2.05) is 0 Å². The Balaban J connectivity index is 2.65. The van der Waals surface area contributed by atoms with Crippen LogP contribution >= 0.6 is 0 Å². The fourth-order valence-electron chi connectivity index (χ4n) is 2.13. The number of hydrogen-bond acceptors (Lipinski definition) is 2. The molecule has 2 nitrogen and oxygen atoms in total. The molecule has 0 amide bonds. The van der Waals surface area contributed by atoms with Gasteiger partial charge in [-0.1, -0.05) is 31.5 Å². The summed E-state index contributed by atoms with van der Waals surface area (Å²) in [5.41, 5.74) is 7.92. The third-order valence-electron chi connectivity index (χ3n) is 3.20. The SMILES string of the molecule is CC/C=C(/CCCCCN)Oc1c(C)cccc1C. The molecule has 1 aromatic rings. The Kier molecular flexibility index (Phi) is 7.27. The largest absolute Gasteiger partial charge is 0.462 e. The number of allylic oxidation sites excluding steroid dienone is 2. The van der Waals surface area contributed by atoms with Crippen LogP contribution in [0.25, 0.3) is 0 Å². The number of para-hydroxylation sites is 1. The van der Waals surface area contributed by atoms with Gasteiger partial charge in [-0.25, -0.2) is 0 Å². The summed E-state index contributed by atoms with van der Waals surface area (Å²) in [4.78, 5) is 0. The molecule has 1 aromatic carbocycles. The molecule has 0 fully saturated rings. The van der Waals surface area contributed by atoms with Crippen LogP contribution in [0.1, 0.15) is 50.2 Å². The maximum Gasteiger partial charge on any atom is 0.132 e. The molecule has 0 radical (unpaired) electrons. The molecular weight excluding hydrogens is 234 g/mol. The highest BCUT2D eigenvalue weighted by atomic mass is 16.5. The molecule has 0 aromatic heterocycles. The van der Waals surface area contributed by atoms with Gasteiger partial charge in [-0.15, -0.1) is 0 Å². The second-order valence-corrected chi connectivity index (χ2v) is 5.00. The fraction of sp³-hybridized carbons (Fsp3) is 0.529. The molecule has 0 saturated carbocycles. The Labute approximate surface area is 117 Å². The van der Waals surface area contributed by atoms with Crippen molar-refractivity contribution < 1.29 is 4.74 Å². The Morgan fingerprint density at radius 3 is 2.42 bits per heavy atom. The topological polar surface area (TPSA) is 35.2 Å². The van der Waals surface area contributed by atoms with Crippen molar-refractivity contribution in [2.75, 3.05) is 6.54 Å². The first-order chi connectivity index (χ1) is 9.19. The first-order valence-electron chi connectivity index (χ1n) is 7.32. The maximum absolute atomic E-state index is 6.13. The maximum atomic E-state index is 6.13. The lowest BCUT2D eigenvalue weighted by molar-refractivity contribution is 0.388. The van der Waals surface area contributed by atoms with Gasteiger partial charge in [0.1, 0.15) is 11.5 Å². The number of rotatable bonds is 8. The zero-order valence-corrected chi connectivity index (χ0v) is 12.5. The fourth-order valence-corrected chi connectivity index (χ4v) is 2.13. The zero-order valence-electron chi connectivity index (χ0n) is 12.5. The van der Waals surface area contributed by atoms with Crippen LogP contribution in [0.2, 0.25) is 0 Å². The standard InChI is InChI=1S/C17H27NO/c1-4-9-16(12-6-5-7-13-18)19-17-14(2)10-8-11-15(17)3/h8-11H,4-7,12-13,18H2,1-3H3/b16-9-. The molecule has 19 heavy (non-hydrogen) atoms. The predicted molar refractivity (Wildman–Crippen MR) is 82.4 cm³/mol. The van der Waals surface area contributed by atoms with Crippen molar-refractivity contribution in [1.82, 2.24) is 0 Å². The average Bonchev–Trinajstić information content (AvgIpc) is 2.39. The number of nitrogens with two attached hydrogens (primary N) is 1. The number of benzene rings is 1. The highest BCUT2D eigenvalue weighted by molar-refractivity contribution is 5.40. The summed E-state index contributed by atoms with van der Waals surface area (Å²) in [5.74, 6) is 2.11. The summed E-state index contributed by atoms with van der Waals surface area (Å²) in [6.45, 7) is 7.12. The molecule has 0 aliphatic heterocycles. The van der Waals surface area contributed by atoms with Crippen LogP contribution in [-0.4, -0.2) is 6.54 Å². The van der Waals surface area contributed by atoms with E-state index in [0.717, 1.165) is 43.7 Å². The van der Waals surface area contributed by atoms with Gasteiger partial charge in [-0.05, 0) is 56.9 Å². The van der Waals surface area contributed by atoms with E-state index in [0.29, 0.717) is 0 Å². The second kappa shape index (κ2) is 8.76. The van der Waals surface area contributed by atoms with Crippen molar-refractivity contribution in [2.24, 2.45) is 5.73 Å². The molecule has 2 heteroatoms. The summed E-state index contributed by atoms with van der Waals surface area (Å²) in [7, 11) is 0. The van der Waals surface area contributed by atoms with E-state index in [4.69, 9.17) is 10.5 Å². The first kappa shape index (κ1) is 15.8. The molecule has 0 spiro atoms. The highest BCUT2D eigenvalue weighted by Crippen LogP contribution is 2.26. The van der Waals surface area contributed by atoms with Crippen molar-refractivity contribution in [3.05, 3.63) is 41.2 Å². The normalized spacial score (nSPS) is 11.7. The van der Waals surface area contributed by atoms with E-state index in [9.17, 15) is 0 Å². The van der Waals surface area contributed by atoms with Gasteiger partial charge >= 0.3 is 0 Å². The Bertz CT molecular complexity index is 389. The van der Waals surface area contributed by atoms with Gasteiger partial charge in [0.2, 0.25) is 0 Å². The lowest BCUT2D eigenvalue weighted by Gasteiger charge is -2.14. The minimum atomic E-state index is 0.782. The van der Waals surface area contributed by atoms with Gasteiger partial charge < -0.3 is 10.5 Å². The van der Waals surface area contributed by atoms with E-state index in [1.165, 1.54) is 17.5 Å². The second-order valence-electron chi connectivity index (χ2n) is 5.00. The van der Waals surface area contributed by atoms with Crippen LogP contribution in [-0.2, 0) is 0 Å². The van der Waals surface area contributed by atoms with Crippen LogP contribution < -0.4 is 10.5 Å². The molecule has 106 valence electrons. The molecule has 0 aliphatic carbocycles. The summed E-state index contributed by atoms with van der Waals surface area (Å²) in [6.07, 6.45) is 7.62. The number of hydrogen-bond donors (Lipinski definition) is 1. The van der Waals surface area contributed by atoms with Gasteiger partial charge in [0.25, 0.3) is 0 Å². The van der Waals surface area contributed by atoms with Crippen molar-refractivity contribution in [3.8, 4) is 5.75 Å². The van der Waals surface area contributed by atoms with Crippen LogP contribution in [0.4, 0.5) is 0 Å². The van der Waals surface area contributed by atoms with E-state index in [-0.39, 0.29) is 0 Å². The summed E-state index contributed by atoms with van der Waals surface area (Å²) in [6, 6.07) is 6.27. The van der Waals surface area contributed by atoms with Crippen molar-refractivity contribution in [3.63, 3.8) is 0 Å². The minimum absolute atomic E-state index is 0.782. The molecule has 0 aliphatic rings. The molecule has 0 bridgehead atoms. The van der Waals surface area contributed by atoms with Crippen molar-refractivity contribution >= 4 is 0 Å². The molecule has 0 heterocycles. The molecule has 1 rings (SSSR count). The molecule has 2 N–H and O–H groups in total. The highest BCUT2D eigenvalue weighted by Gasteiger charge is 2.06. The van der Waals surface area contributed by atoms with Gasteiger partial charge in [0.05, 0.1) is 0 Å². The van der Waals surface area contributed by atoms with Gasteiger partial charge in [0, 0.05) is 6.42 Å². The van der Waals surface area contributed by atoms with Crippen molar-refractivity contribution in [1.29, 1.82) is 0 Å². The average molecular weight is 261 g/mol. The van der Waals surface area contributed by atoms with E-state index in [2.05, 4.69) is 45.0 Å². The van der Waals surface area contributed by atoms with Crippen LogP contribution in [0, 0.1) is 13.8 Å². The zero-order chi connectivity index (χ0) is 14.1. The van der Waals surface area contributed by atoms with Crippen molar-refractivity contribution in [2.45, 2.75) is 52.9 Å². The van der Waals surface area contributed by atoms with Gasteiger partial charge in [-0.3, -0.25) is 0 Å². The minimum Gasteiger partial charge on any atom is -0.462 e. The van der Waals surface area contributed by atoms with E-state index >= 15 is 0 Å². The third kappa shape index (κ3) is 5.48. The number of aryl methyl sites for hydroxylation is 2. The quantitative estimate of drug-likeness (QED) is 0.552. The van der Waals surface area contributed by atoms with Crippen LogP contribution in [0.3, 0.4) is 0 Å².